The van der Waals surface area contributed by atoms with Gasteiger partial charge in [-0.2, -0.15) is 5.10 Å². The molecule has 0 aromatic carbocycles. The van der Waals surface area contributed by atoms with Gasteiger partial charge in [0, 0.05) is 12.6 Å². The molecule has 2 heterocycles. The van der Waals surface area contributed by atoms with E-state index < -0.39 is 0 Å². The molecule has 0 spiro atoms. The molecule has 1 aliphatic rings. The minimum Gasteiger partial charge on any atom is -0.394 e. The highest BCUT2D eigenvalue weighted by Gasteiger charge is 2.27. The first-order valence-corrected chi connectivity index (χ1v) is 10.3. The second-order valence-electron chi connectivity index (χ2n) is 7.41. The summed E-state index contributed by atoms with van der Waals surface area (Å²) in [6.07, 6.45) is 12.6. The number of carbonyl (C=O) groups is 1. The molecule has 3 rings (SSSR count). The second-order valence-corrected chi connectivity index (χ2v) is 7.41. The lowest BCUT2D eigenvalue weighted by atomic mass is 10.0. The Balaban J connectivity index is 1.80. The van der Waals surface area contributed by atoms with Crippen LogP contribution in [0.3, 0.4) is 0 Å². The number of anilines is 2. The number of amides is 1. The molecule has 2 aromatic rings. The number of rotatable bonds is 8. The number of nitrogens with zero attached hydrogens (tertiary/aromatic N) is 2. The molecule has 0 radical (unpaired) electrons. The number of hydrogen-bond acceptors (Lipinski definition) is 5. The number of nitrogens with two attached hydrogens (primary N) is 1. The average molecular weight is 407 g/mol. The van der Waals surface area contributed by atoms with Gasteiger partial charge in [-0.25, -0.2) is 0 Å². The summed E-state index contributed by atoms with van der Waals surface area (Å²) >= 11 is 0. The summed E-state index contributed by atoms with van der Waals surface area (Å²) in [6, 6.07) is 1.84. The number of pyridine rings is 1. The quantitative estimate of drug-likeness (QED) is 0.387. The molecule has 0 atom stereocenters. The summed E-state index contributed by atoms with van der Waals surface area (Å²) in [5, 5.41) is 13.2. The van der Waals surface area contributed by atoms with E-state index in [4.69, 9.17) is 5.73 Å². The molecule has 1 fully saturated rings. The molecule has 1 aliphatic carbocycles. The van der Waals surface area contributed by atoms with Gasteiger partial charge < -0.3 is 16.4 Å². The van der Waals surface area contributed by atoms with Gasteiger partial charge >= 0.3 is 0 Å². The van der Waals surface area contributed by atoms with Crippen LogP contribution in [0.25, 0.3) is 5.57 Å². The number of aromatic amines is 1. The summed E-state index contributed by atoms with van der Waals surface area (Å²) in [7, 11) is 1.80. The van der Waals surface area contributed by atoms with Crippen LogP contribution in [0.2, 0.25) is 0 Å². The molecule has 0 bridgehead atoms. The van der Waals surface area contributed by atoms with Crippen molar-refractivity contribution < 1.29 is 4.79 Å². The largest absolute Gasteiger partial charge is 0.394 e. The molecule has 5 N–H and O–H groups in total. The van der Waals surface area contributed by atoms with E-state index in [0.717, 1.165) is 28.2 Å². The zero-order valence-corrected chi connectivity index (χ0v) is 18.0. The molecule has 7 nitrogen and oxygen atoms in total. The lowest BCUT2D eigenvalue weighted by molar-refractivity contribution is -0.113. The molecule has 1 amide bonds. The highest BCUT2D eigenvalue weighted by Crippen LogP contribution is 2.42. The van der Waals surface area contributed by atoms with Gasteiger partial charge in [0.15, 0.2) is 0 Å². The van der Waals surface area contributed by atoms with Crippen LogP contribution >= 0.6 is 0 Å². The number of aryl methyl sites for hydroxylation is 1. The minimum absolute atomic E-state index is 0.200. The summed E-state index contributed by atoms with van der Waals surface area (Å²) in [5.74, 6) is 0.265. The zero-order valence-electron chi connectivity index (χ0n) is 18.0. The van der Waals surface area contributed by atoms with Crippen molar-refractivity contribution in [3.8, 4) is 0 Å². The van der Waals surface area contributed by atoms with E-state index in [1.165, 1.54) is 18.4 Å². The number of H-pyrrole nitrogens is 1. The lowest BCUT2D eigenvalue weighted by Gasteiger charge is -2.11. The molecular weight excluding hydrogens is 376 g/mol. The Morgan fingerprint density at radius 3 is 2.73 bits per heavy atom. The Kier molecular flexibility index (Phi) is 6.72. The van der Waals surface area contributed by atoms with Crippen molar-refractivity contribution in [1.82, 2.24) is 15.2 Å². The first-order valence-electron chi connectivity index (χ1n) is 10.3. The van der Waals surface area contributed by atoms with Gasteiger partial charge in [0.25, 0.3) is 5.91 Å². The van der Waals surface area contributed by atoms with Crippen LogP contribution in [-0.4, -0.2) is 28.1 Å². The third-order valence-corrected chi connectivity index (χ3v) is 5.34. The molecule has 30 heavy (non-hydrogen) atoms. The number of hydrogen-bond donors (Lipinski definition) is 4. The normalized spacial score (nSPS) is 15.3. The van der Waals surface area contributed by atoms with Crippen molar-refractivity contribution in [3.05, 3.63) is 64.9 Å². The Morgan fingerprint density at radius 1 is 1.33 bits per heavy atom. The van der Waals surface area contributed by atoms with E-state index >= 15 is 0 Å². The van der Waals surface area contributed by atoms with Gasteiger partial charge in [-0.05, 0) is 56.2 Å². The van der Waals surface area contributed by atoms with E-state index in [-0.39, 0.29) is 11.6 Å². The number of allylic oxidation sites excluding steroid dienone is 5. The Hall–Kier alpha value is -3.35. The van der Waals surface area contributed by atoms with E-state index in [1.807, 2.05) is 51.3 Å². The van der Waals surface area contributed by atoms with Gasteiger partial charge in [-0.1, -0.05) is 25.2 Å². The van der Waals surface area contributed by atoms with Crippen molar-refractivity contribution in [3.63, 3.8) is 0 Å². The molecule has 0 aliphatic heterocycles. The van der Waals surface area contributed by atoms with Crippen LogP contribution in [-0.2, 0) is 4.79 Å². The minimum atomic E-state index is -0.336. The number of aromatic nitrogens is 3. The van der Waals surface area contributed by atoms with Gasteiger partial charge in [-0.15, -0.1) is 0 Å². The summed E-state index contributed by atoms with van der Waals surface area (Å²) in [4.78, 5) is 17.0. The highest BCUT2D eigenvalue weighted by molar-refractivity contribution is 6.04. The molecule has 158 valence electrons. The Bertz CT molecular complexity index is 1010. The molecule has 7 heteroatoms. The lowest BCUT2D eigenvalue weighted by Crippen LogP contribution is -2.22. The zero-order chi connectivity index (χ0) is 21.7. The standard InChI is InChI=1S/C23H30N6O/c1-5-15(7-8-16(6-2)22-19(13-27-29-22)17-9-10-17)21(24)23(30)28-20-11-18(25-4)12-26-14(20)3/h6-8,11-13,17,25H,5,9-10,24H2,1-4H3,(H,27,29)(H,28,30)/b8-7-,16-6+,21-15+. The van der Waals surface area contributed by atoms with E-state index in [0.29, 0.717) is 18.0 Å². The third kappa shape index (κ3) is 4.79. The first kappa shape index (κ1) is 21.4. The maximum atomic E-state index is 12.8. The van der Waals surface area contributed by atoms with E-state index in [2.05, 4.69) is 25.8 Å². The first-order chi connectivity index (χ1) is 14.5. The molecule has 2 aromatic heterocycles. The van der Waals surface area contributed by atoms with Gasteiger partial charge in [-0.3, -0.25) is 14.9 Å². The molecule has 0 unspecified atom stereocenters. The van der Waals surface area contributed by atoms with E-state index in [9.17, 15) is 4.79 Å². The Labute approximate surface area is 177 Å². The van der Waals surface area contributed by atoms with Crippen molar-refractivity contribution in [1.29, 1.82) is 0 Å². The highest BCUT2D eigenvalue weighted by atomic mass is 16.2. The van der Waals surface area contributed by atoms with E-state index in [1.54, 1.807) is 13.2 Å². The van der Waals surface area contributed by atoms with Crippen LogP contribution in [0.5, 0.6) is 0 Å². The number of nitrogens with one attached hydrogen (secondary N) is 3. The van der Waals surface area contributed by atoms with Crippen LogP contribution < -0.4 is 16.4 Å². The van der Waals surface area contributed by atoms with Crippen molar-refractivity contribution >= 4 is 22.9 Å². The fourth-order valence-electron chi connectivity index (χ4n) is 3.27. The van der Waals surface area contributed by atoms with Crippen molar-refractivity contribution in [2.75, 3.05) is 17.7 Å². The summed E-state index contributed by atoms with van der Waals surface area (Å²) in [5.41, 5.74) is 12.7. The van der Waals surface area contributed by atoms with Crippen molar-refractivity contribution in [2.45, 2.75) is 46.0 Å². The van der Waals surface area contributed by atoms with Gasteiger partial charge in [0.2, 0.25) is 0 Å². The molecule has 1 saturated carbocycles. The number of carbonyl (C=O) groups excluding carboxylic acids is 1. The smallest absolute Gasteiger partial charge is 0.271 e. The topological polar surface area (TPSA) is 109 Å². The summed E-state index contributed by atoms with van der Waals surface area (Å²) in [6.45, 7) is 5.82. The Morgan fingerprint density at radius 2 is 2.10 bits per heavy atom. The van der Waals surface area contributed by atoms with Crippen LogP contribution in [0.15, 0.2) is 48.0 Å². The predicted octanol–water partition coefficient (Wildman–Crippen LogP) is 4.25. The SMILES string of the molecule is C\C=C(/C=C\C(CC)=C(\N)C(=O)Nc1cc(NC)cnc1C)c1[nH]ncc1C1CC1. The second kappa shape index (κ2) is 9.43. The molecule has 0 saturated heterocycles. The maximum Gasteiger partial charge on any atom is 0.271 e. The fraction of sp³-hybridized carbons (Fsp3) is 0.348. The average Bonchev–Trinajstić information content (AvgIpc) is 3.49. The maximum absolute atomic E-state index is 12.8. The summed E-state index contributed by atoms with van der Waals surface area (Å²) < 4.78 is 0. The van der Waals surface area contributed by atoms with Crippen molar-refractivity contribution in [2.24, 2.45) is 5.73 Å². The van der Waals surface area contributed by atoms with Crippen LogP contribution in [0.1, 0.15) is 56.0 Å². The third-order valence-electron chi connectivity index (χ3n) is 5.34. The van der Waals surface area contributed by atoms with Gasteiger partial charge in [0.05, 0.1) is 35.2 Å². The molecular formula is C23H30N6O. The van der Waals surface area contributed by atoms with Crippen LogP contribution in [0.4, 0.5) is 11.4 Å². The monoisotopic (exact) mass is 406 g/mol. The van der Waals surface area contributed by atoms with Gasteiger partial charge in [0.1, 0.15) is 5.70 Å². The fourth-order valence-corrected chi connectivity index (χ4v) is 3.27. The predicted molar refractivity (Wildman–Crippen MR) is 122 cm³/mol. The van der Waals surface area contributed by atoms with Crippen LogP contribution in [0, 0.1) is 6.92 Å².